The third-order valence-electron chi connectivity index (χ3n) is 2.66. The molecule has 0 unspecified atom stereocenters. The highest BCUT2D eigenvalue weighted by atomic mass is 79.9. The molecule has 0 radical (unpaired) electrons. The molecule has 2 rings (SSSR count). The van der Waals surface area contributed by atoms with E-state index in [0.717, 1.165) is 10.0 Å². The summed E-state index contributed by atoms with van der Waals surface area (Å²) in [4.78, 5) is 16.4. The van der Waals surface area contributed by atoms with Crippen molar-refractivity contribution < 1.29 is 9.53 Å². The summed E-state index contributed by atoms with van der Waals surface area (Å²) in [6.45, 7) is 4.43. The fraction of sp³-hybridized carbons (Fsp3) is 0.200. The highest BCUT2D eigenvalue weighted by molar-refractivity contribution is 9.10. The molecule has 0 aliphatic rings. The van der Waals surface area contributed by atoms with Crippen LogP contribution in [0.2, 0.25) is 0 Å². The fourth-order valence-electron chi connectivity index (χ4n) is 1.75. The molecule has 98 valence electrons. The lowest BCUT2D eigenvalue weighted by molar-refractivity contribution is 0.103. The second-order valence-corrected chi connectivity index (χ2v) is 5.01. The Kier molecular flexibility index (Phi) is 4.32. The van der Waals surface area contributed by atoms with Gasteiger partial charge in [-0.15, -0.1) is 0 Å². The molecule has 0 spiro atoms. The number of ketones is 1. The van der Waals surface area contributed by atoms with Crippen molar-refractivity contribution in [3.8, 4) is 5.75 Å². The van der Waals surface area contributed by atoms with Crippen molar-refractivity contribution in [2.75, 3.05) is 6.61 Å². The number of pyridine rings is 1. The van der Waals surface area contributed by atoms with Crippen LogP contribution in [0.1, 0.15) is 28.4 Å². The van der Waals surface area contributed by atoms with Crippen LogP contribution in [0, 0.1) is 6.92 Å². The van der Waals surface area contributed by atoms with Crippen molar-refractivity contribution in [2.45, 2.75) is 13.8 Å². The van der Waals surface area contributed by atoms with E-state index in [2.05, 4.69) is 20.9 Å². The largest absolute Gasteiger partial charge is 0.492 e. The molecule has 0 aliphatic carbocycles. The maximum atomic E-state index is 12.4. The number of nitrogens with zero attached hydrogens (tertiary/aromatic N) is 1. The number of carbonyl (C=O) groups excluding carboxylic acids is 1. The van der Waals surface area contributed by atoms with Crippen LogP contribution in [0.5, 0.6) is 5.75 Å². The lowest BCUT2D eigenvalue weighted by Crippen LogP contribution is -2.04. The number of hydrogen-bond donors (Lipinski definition) is 0. The lowest BCUT2D eigenvalue weighted by atomic mass is 10.0. The van der Waals surface area contributed by atoms with Gasteiger partial charge < -0.3 is 4.74 Å². The minimum Gasteiger partial charge on any atom is -0.492 e. The smallest absolute Gasteiger partial charge is 0.195 e. The maximum absolute atomic E-state index is 12.4. The SMILES string of the molecule is CCOc1cncc(C(=O)c2ccc(C)cc2Br)c1. The average molecular weight is 320 g/mol. The van der Waals surface area contributed by atoms with Gasteiger partial charge in [-0.3, -0.25) is 9.78 Å². The van der Waals surface area contributed by atoms with Crippen LogP contribution in [-0.4, -0.2) is 17.4 Å². The van der Waals surface area contributed by atoms with Crippen molar-refractivity contribution in [1.82, 2.24) is 4.98 Å². The van der Waals surface area contributed by atoms with Crippen LogP contribution in [0.4, 0.5) is 0 Å². The summed E-state index contributed by atoms with van der Waals surface area (Å²) in [5.74, 6) is 0.539. The van der Waals surface area contributed by atoms with Crippen LogP contribution >= 0.6 is 15.9 Å². The first-order valence-corrected chi connectivity index (χ1v) is 6.80. The average Bonchev–Trinajstić information content (AvgIpc) is 2.39. The zero-order valence-electron chi connectivity index (χ0n) is 10.8. The second-order valence-electron chi connectivity index (χ2n) is 4.15. The molecule has 1 aromatic heterocycles. The number of rotatable bonds is 4. The van der Waals surface area contributed by atoms with E-state index in [1.165, 1.54) is 0 Å². The number of carbonyl (C=O) groups is 1. The Morgan fingerprint density at radius 1 is 1.32 bits per heavy atom. The van der Waals surface area contributed by atoms with Gasteiger partial charge in [0.2, 0.25) is 0 Å². The number of ether oxygens (including phenoxy) is 1. The molecule has 0 bridgehead atoms. The molecule has 3 nitrogen and oxygen atoms in total. The Morgan fingerprint density at radius 3 is 2.79 bits per heavy atom. The predicted octanol–water partition coefficient (Wildman–Crippen LogP) is 3.78. The molecule has 19 heavy (non-hydrogen) atoms. The quantitative estimate of drug-likeness (QED) is 0.805. The molecule has 0 saturated carbocycles. The van der Waals surface area contributed by atoms with Gasteiger partial charge in [-0.05, 0) is 37.6 Å². The fourth-order valence-corrected chi connectivity index (χ4v) is 2.42. The van der Waals surface area contributed by atoms with Gasteiger partial charge in [0, 0.05) is 21.8 Å². The minimum absolute atomic E-state index is 0.0686. The van der Waals surface area contributed by atoms with Crippen molar-refractivity contribution in [1.29, 1.82) is 0 Å². The van der Waals surface area contributed by atoms with E-state index in [1.54, 1.807) is 18.5 Å². The Hall–Kier alpha value is -1.68. The normalized spacial score (nSPS) is 10.3. The van der Waals surface area contributed by atoms with Gasteiger partial charge >= 0.3 is 0 Å². The lowest BCUT2D eigenvalue weighted by Gasteiger charge is -2.07. The van der Waals surface area contributed by atoms with E-state index in [1.807, 2.05) is 32.0 Å². The van der Waals surface area contributed by atoms with Crippen molar-refractivity contribution in [3.05, 3.63) is 57.8 Å². The summed E-state index contributed by atoms with van der Waals surface area (Å²) in [6, 6.07) is 7.37. The van der Waals surface area contributed by atoms with Crippen LogP contribution < -0.4 is 4.74 Å². The van der Waals surface area contributed by atoms with Gasteiger partial charge in [-0.25, -0.2) is 0 Å². The number of hydrogen-bond acceptors (Lipinski definition) is 3. The molecule has 1 heterocycles. The van der Waals surface area contributed by atoms with E-state index < -0.39 is 0 Å². The molecular formula is C15H14BrNO2. The molecule has 0 atom stereocenters. The summed E-state index contributed by atoms with van der Waals surface area (Å²) in [6.07, 6.45) is 3.15. The molecule has 0 fully saturated rings. The van der Waals surface area contributed by atoms with Crippen molar-refractivity contribution in [3.63, 3.8) is 0 Å². The molecule has 4 heteroatoms. The Balaban J connectivity index is 2.35. The highest BCUT2D eigenvalue weighted by Gasteiger charge is 2.13. The molecule has 1 aromatic carbocycles. The van der Waals surface area contributed by atoms with Gasteiger partial charge in [-0.1, -0.05) is 22.0 Å². The van der Waals surface area contributed by atoms with Crippen LogP contribution in [0.15, 0.2) is 41.1 Å². The van der Waals surface area contributed by atoms with E-state index >= 15 is 0 Å². The monoisotopic (exact) mass is 319 g/mol. The van der Waals surface area contributed by atoms with Crippen LogP contribution in [0.25, 0.3) is 0 Å². The molecule has 0 saturated heterocycles. The van der Waals surface area contributed by atoms with E-state index in [9.17, 15) is 4.79 Å². The van der Waals surface area contributed by atoms with Crippen LogP contribution in [-0.2, 0) is 0 Å². The van der Waals surface area contributed by atoms with E-state index in [-0.39, 0.29) is 5.78 Å². The summed E-state index contributed by atoms with van der Waals surface area (Å²) in [5, 5.41) is 0. The Morgan fingerprint density at radius 2 is 2.11 bits per heavy atom. The van der Waals surface area contributed by atoms with Gasteiger partial charge in [0.15, 0.2) is 5.78 Å². The summed E-state index contributed by atoms with van der Waals surface area (Å²) < 4.78 is 6.15. The zero-order valence-corrected chi connectivity index (χ0v) is 12.4. The molecule has 0 amide bonds. The van der Waals surface area contributed by atoms with Crippen LogP contribution in [0.3, 0.4) is 0 Å². The molecule has 0 N–H and O–H groups in total. The highest BCUT2D eigenvalue weighted by Crippen LogP contribution is 2.22. The standard InChI is InChI=1S/C15H14BrNO2/c1-3-19-12-7-11(8-17-9-12)15(18)13-5-4-10(2)6-14(13)16/h4-9H,3H2,1-2H3. The number of benzene rings is 1. The minimum atomic E-state index is -0.0686. The van der Waals surface area contributed by atoms with E-state index in [4.69, 9.17) is 4.74 Å². The third kappa shape index (κ3) is 3.20. The summed E-state index contributed by atoms with van der Waals surface area (Å²) >= 11 is 3.42. The first-order valence-electron chi connectivity index (χ1n) is 6.00. The number of aryl methyl sites for hydroxylation is 1. The van der Waals surface area contributed by atoms with Crippen molar-refractivity contribution in [2.24, 2.45) is 0 Å². The first-order chi connectivity index (χ1) is 9.11. The Bertz CT molecular complexity index is 611. The van der Waals surface area contributed by atoms with Gasteiger partial charge in [0.1, 0.15) is 5.75 Å². The van der Waals surface area contributed by atoms with Crippen molar-refractivity contribution >= 4 is 21.7 Å². The topological polar surface area (TPSA) is 39.2 Å². The Labute approximate surface area is 120 Å². The summed E-state index contributed by atoms with van der Waals surface area (Å²) in [5.41, 5.74) is 2.25. The first kappa shape index (κ1) is 13.7. The van der Waals surface area contributed by atoms with Gasteiger partial charge in [0.25, 0.3) is 0 Å². The predicted molar refractivity (Wildman–Crippen MR) is 77.7 cm³/mol. The van der Waals surface area contributed by atoms with Gasteiger partial charge in [-0.2, -0.15) is 0 Å². The second kappa shape index (κ2) is 5.97. The maximum Gasteiger partial charge on any atom is 0.195 e. The molecule has 2 aromatic rings. The zero-order chi connectivity index (χ0) is 13.8. The number of aromatic nitrogens is 1. The molecular weight excluding hydrogens is 306 g/mol. The van der Waals surface area contributed by atoms with E-state index in [0.29, 0.717) is 23.5 Å². The third-order valence-corrected chi connectivity index (χ3v) is 3.31. The number of halogens is 1. The van der Waals surface area contributed by atoms with Gasteiger partial charge in [0.05, 0.1) is 12.8 Å². The molecule has 0 aliphatic heterocycles. The summed E-state index contributed by atoms with van der Waals surface area (Å²) in [7, 11) is 0.